The maximum absolute atomic E-state index is 12.5. The molecule has 2 N–H and O–H groups in total. The zero-order valence-corrected chi connectivity index (χ0v) is 36.9. The van der Waals surface area contributed by atoms with Crippen LogP contribution < -0.4 is 21.3 Å². The normalized spacial score (nSPS) is 13.1. The molecule has 0 radical (unpaired) electrons. The Labute approximate surface area is 371 Å². The summed E-state index contributed by atoms with van der Waals surface area (Å²) in [7, 11) is -23.8. The number of hydrogen-bond donors (Lipinski definition) is 2. The number of phenols is 2. The summed E-state index contributed by atoms with van der Waals surface area (Å²) in [5.74, 6) is -0.905. The average molecular weight is 1030 g/mol. The van der Waals surface area contributed by atoms with E-state index in [1.54, 1.807) is 43.4 Å². The summed E-state index contributed by atoms with van der Waals surface area (Å²) in [5, 5.41) is 22.8. The second-order valence-electron chi connectivity index (χ2n) is 12.6. The lowest BCUT2D eigenvalue weighted by molar-refractivity contribution is -0.676. The van der Waals surface area contributed by atoms with Gasteiger partial charge in [0, 0.05) is 6.92 Å². The molecule has 0 saturated heterocycles. The monoisotopic (exact) mass is 1030 g/mol. The van der Waals surface area contributed by atoms with Gasteiger partial charge in [0.05, 0.1) is 7.05 Å². The fourth-order valence-electron chi connectivity index (χ4n) is 5.09. The van der Waals surface area contributed by atoms with E-state index < -0.39 is 68.9 Å². The van der Waals surface area contributed by atoms with Crippen LogP contribution in [0.4, 0.5) is 24.8 Å². The van der Waals surface area contributed by atoms with Gasteiger partial charge in [-0.05, 0) is 68.7 Å². The number of imidazole rings is 1. The fraction of sp³-hybridized carbons (Fsp3) is 0.0833. The number of aryl methyl sites for hydroxylation is 1. The number of aromatic nitrogens is 2. The number of hydrogen-bond acceptors (Lipinski definition) is 17. The largest absolute Gasteiger partial charge is 0.741 e. The molecule has 8 rings (SSSR count). The van der Waals surface area contributed by atoms with Gasteiger partial charge >= 0.3 is 47.3 Å². The number of phenolic OH excluding ortho intramolecular Hbond substituents is 2. The van der Waals surface area contributed by atoms with Gasteiger partial charge in [0.1, 0.15) is 12.4 Å². The Bertz CT molecular complexity index is 3340. The Balaban J connectivity index is 0.000000186. The van der Waals surface area contributed by atoms with Crippen molar-refractivity contribution in [3.05, 3.63) is 127 Å². The highest BCUT2D eigenvalue weighted by Crippen LogP contribution is 2.39. The zero-order valence-electron chi connectivity index (χ0n) is 32.8. The molecule has 0 atom stereocenters. The molecule has 7 aromatic rings. The van der Waals surface area contributed by atoms with Crippen molar-refractivity contribution in [1.82, 2.24) is 3.97 Å². The first-order chi connectivity index (χ1) is 30.2. The average Bonchev–Trinajstić information content (AvgIpc) is 3.68. The smallest absolute Gasteiger partial charge is 0.501 e. The van der Waals surface area contributed by atoms with Crippen molar-refractivity contribution in [3.8, 4) is 34.5 Å². The molecule has 66 heavy (non-hydrogen) atoms. The second kappa shape index (κ2) is 19.9. The van der Waals surface area contributed by atoms with Crippen molar-refractivity contribution in [2.75, 3.05) is 0 Å². The topological polar surface area (TPSA) is 280 Å². The number of aromatic hydroxyl groups is 2. The number of rotatable bonds is 5. The highest BCUT2D eigenvalue weighted by molar-refractivity contribution is 7.86. The summed E-state index contributed by atoms with van der Waals surface area (Å²) in [4.78, 5) is 0. The summed E-state index contributed by atoms with van der Waals surface area (Å²) < 4.78 is 200. The minimum absolute atomic E-state index is 0.0753. The lowest BCUT2D eigenvalue weighted by Gasteiger charge is -2.08. The molecule has 0 saturated carbocycles. The van der Waals surface area contributed by atoms with E-state index in [2.05, 4.69) is 16.7 Å². The number of nitrogens with zero attached hydrogens (tertiary/aromatic N) is 2. The van der Waals surface area contributed by atoms with Gasteiger partial charge in [-0.15, -0.1) is 8.42 Å². The van der Waals surface area contributed by atoms with Gasteiger partial charge in [0.25, 0.3) is 5.82 Å². The van der Waals surface area contributed by atoms with Gasteiger partial charge in [0.15, 0.2) is 44.6 Å². The van der Waals surface area contributed by atoms with E-state index >= 15 is 0 Å². The SMILES string of the molecule is Cc1n(S(=O)(=O)F)cc[n+]1C.O=S(=O)(F)Oc1cc2ccccc2cc1OS(=O)(=O)F.O=S(=O)([O-])C(F)(F)F.O=S1(=O)Oc2cc3ccccc3cc2O1.Oc1cc2ccccc2cc1O. The molecule has 0 unspecified atom stereocenters. The summed E-state index contributed by atoms with van der Waals surface area (Å²) in [6.07, 6.45) is 2.62. The molecule has 1 aliphatic heterocycles. The van der Waals surface area contributed by atoms with Crippen LogP contribution in [0.3, 0.4) is 0 Å². The van der Waals surface area contributed by atoms with Crippen LogP contribution in [-0.2, 0) is 59.0 Å². The van der Waals surface area contributed by atoms with Gasteiger partial charge in [0.2, 0.25) is 0 Å². The molecular weight excluding hydrogens is 1010 g/mol. The van der Waals surface area contributed by atoms with Crippen molar-refractivity contribution in [1.29, 1.82) is 0 Å². The summed E-state index contributed by atoms with van der Waals surface area (Å²) in [6.45, 7) is 1.51. The van der Waals surface area contributed by atoms with Crippen LogP contribution in [0, 0.1) is 6.92 Å². The molecule has 0 fully saturated rings. The molecule has 1 aromatic heterocycles. The Morgan fingerprint density at radius 1 is 0.621 bits per heavy atom. The van der Waals surface area contributed by atoms with Gasteiger partial charge in [-0.2, -0.15) is 38.4 Å². The van der Waals surface area contributed by atoms with E-state index in [1.807, 2.05) is 48.5 Å². The van der Waals surface area contributed by atoms with Crippen molar-refractivity contribution < 1.29 is 103 Å². The molecule has 0 spiro atoms. The molecule has 19 nitrogen and oxygen atoms in total. The van der Waals surface area contributed by atoms with Crippen LogP contribution in [0.2, 0.25) is 0 Å². The third-order valence-corrected chi connectivity index (χ3v) is 11.0. The molecular formula is C36H28F6N2O17S5. The van der Waals surface area contributed by atoms with E-state index in [0.29, 0.717) is 20.6 Å². The third-order valence-electron chi connectivity index (χ3n) is 8.00. The molecule has 1 aliphatic rings. The molecule has 0 bridgehead atoms. The Morgan fingerprint density at radius 3 is 1.17 bits per heavy atom. The molecule has 356 valence electrons. The van der Waals surface area contributed by atoms with E-state index in [1.165, 1.54) is 29.8 Å². The van der Waals surface area contributed by atoms with Crippen LogP contribution in [-0.4, -0.2) is 66.3 Å². The number of alkyl halides is 3. The van der Waals surface area contributed by atoms with Crippen molar-refractivity contribution in [3.63, 3.8) is 0 Å². The fourth-order valence-corrected chi connectivity index (χ4v) is 7.16. The summed E-state index contributed by atoms with van der Waals surface area (Å²) >= 11 is 0. The third kappa shape index (κ3) is 15.0. The quantitative estimate of drug-likeness (QED) is 0.0509. The number of benzene rings is 6. The van der Waals surface area contributed by atoms with E-state index in [0.717, 1.165) is 39.9 Å². The number of fused-ring (bicyclic) bond motifs is 4. The first-order valence-electron chi connectivity index (χ1n) is 17.1. The van der Waals surface area contributed by atoms with Crippen molar-refractivity contribution in [2.24, 2.45) is 7.05 Å². The van der Waals surface area contributed by atoms with Gasteiger partial charge in [-0.25, -0.2) is 13.0 Å². The minimum Gasteiger partial charge on any atom is -0.741 e. The standard InChI is InChI=1S/C10H6F2O6S2.C10H6O4S.C10H8O2.C5H8FN2O2S.CHF3O3S/c11-19(13,14)17-9-5-7-3-1-2-4-8(7)6-10(9)18-20(12,15)16;11-15(12)13-9-5-7-3-1-2-4-8(7)6-10(9)14-15;11-9-5-7-3-1-2-4-8(7)6-10(9)12;1-5-7(2)3-4-8(5)11(6,9)10;2-1(3,4)8(5,6)7/h1-6H;1-6H;1-6,11-12H;3-4H,1-2H3;(H,5,6,7)/q;;;+1;/p-1. The lowest BCUT2D eigenvalue weighted by Crippen LogP contribution is -2.30. The van der Waals surface area contributed by atoms with Crippen LogP contribution in [0.15, 0.2) is 122 Å². The van der Waals surface area contributed by atoms with E-state index in [-0.39, 0.29) is 23.0 Å². The van der Waals surface area contributed by atoms with Crippen molar-refractivity contribution >= 4 is 84.3 Å². The summed E-state index contributed by atoms with van der Waals surface area (Å²) in [5.41, 5.74) is -5.65. The van der Waals surface area contributed by atoms with Crippen LogP contribution >= 0.6 is 0 Å². The molecule has 2 heterocycles. The lowest BCUT2D eigenvalue weighted by atomic mass is 10.1. The van der Waals surface area contributed by atoms with Crippen LogP contribution in [0.1, 0.15) is 5.82 Å². The molecule has 30 heteroatoms. The van der Waals surface area contributed by atoms with Crippen LogP contribution in [0.5, 0.6) is 34.5 Å². The van der Waals surface area contributed by atoms with Gasteiger partial charge < -0.3 is 31.5 Å². The molecule has 6 aromatic carbocycles. The van der Waals surface area contributed by atoms with Gasteiger partial charge in [-0.1, -0.05) is 88.4 Å². The number of halogens is 6. The first kappa shape index (κ1) is 52.0. The predicted molar refractivity (Wildman–Crippen MR) is 218 cm³/mol. The van der Waals surface area contributed by atoms with Crippen LogP contribution in [0.25, 0.3) is 32.3 Å². The first-order valence-corrected chi connectivity index (χ1v) is 23.8. The van der Waals surface area contributed by atoms with Crippen molar-refractivity contribution in [2.45, 2.75) is 12.4 Å². The zero-order chi connectivity index (χ0) is 49.6. The Morgan fingerprint density at radius 2 is 0.924 bits per heavy atom. The van der Waals surface area contributed by atoms with E-state index in [4.69, 9.17) is 23.2 Å². The Kier molecular flexibility index (Phi) is 15.7. The second-order valence-corrected chi connectivity index (χ2v) is 18.2. The van der Waals surface area contributed by atoms with E-state index in [9.17, 15) is 58.5 Å². The minimum atomic E-state index is -6.09. The van der Waals surface area contributed by atoms with Gasteiger partial charge in [-0.3, -0.25) is 0 Å². The summed E-state index contributed by atoms with van der Waals surface area (Å²) in [6, 6.07) is 29.7. The predicted octanol–water partition coefficient (Wildman–Crippen LogP) is 5.87. The highest BCUT2D eigenvalue weighted by atomic mass is 32.3. The molecule has 0 aliphatic carbocycles. The highest BCUT2D eigenvalue weighted by Gasteiger charge is 2.37. The maximum atomic E-state index is 12.5. The Hall–Kier alpha value is -6.60. The maximum Gasteiger partial charge on any atom is 0.501 e. The molecule has 0 amide bonds.